The van der Waals surface area contributed by atoms with E-state index in [1.54, 1.807) is 0 Å². The van der Waals surface area contributed by atoms with Crippen molar-refractivity contribution in [2.45, 2.75) is 31.1 Å². The molecule has 0 atom stereocenters. The molecule has 0 aromatic heterocycles. The van der Waals surface area contributed by atoms with Crippen LogP contribution in [0.1, 0.15) is 36.7 Å². The number of hydrogen-bond donors (Lipinski definition) is 2. The quantitative estimate of drug-likeness (QED) is 0.780. The zero-order chi connectivity index (χ0) is 14.8. The smallest absolute Gasteiger partial charge is 0.255 e. The lowest BCUT2D eigenvalue weighted by Gasteiger charge is -2.19. The van der Waals surface area contributed by atoms with Gasteiger partial charge in [0.05, 0.1) is 5.69 Å². The average Bonchev–Trinajstić information content (AvgIpc) is 2.40. The van der Waals surface area contributed by atoms with E-state index in [0.717, 1.165) is 10.6 Å². The third-order valence-electron chi connectivity index (χ3n) is 3.17. The molecular weight excluding hydrogens is 266 g/mol. The molecule has 104 valence electrons. The monoisotopic (exact) mass is 285 g/mol. The van der Waals surface area contributed by atoms with Gasteiger partial charge >= 0.3 is 0 Å². The van der Waals surface area contributed by atoms with Crippen molar-refractivity contribution in [3.63, 3.8) is 0 Å². The number of anilines is 1. The standard InChI is InChI=1S/C17H19NOS/c1-17(2,3)13-10-8-12(9-11-13)16(19)18-14-6-4-5-7-15(14)20/h4-11,20H,1-3H3,(H,18,19). The number of para-hydroxylation sites is 1. The van der Waals surface area contributed by atoms with Crippen molar-refractivity contribution in [1.29, 1.82) is 0 Å². The molecule has 20 heavy (non-hydrogen) atoms. The number of carbonyl (C=O) groups excluding carboxylic acids is 1. The van der Waals surface area contributed by atoms with Gasteiger partial charge in [0, 0.05) is 10.5 Å². The second-order valence-corrected chi connectivity index (χ2v) is 6.28. The van der Waals surface area contributed by atoms with Crippen LogP contribution in [-0.4, -0.2) is 5.91 Å². The molecular formula is C17H19NOS. The van der Waals surface area contributed by atoms with E-state index >= 15 is 0 Å². The van der Waals surface area contributed by atoms with Crippen molar-refractivity contribution >= 4 is 24.2 Å². The number of rotatable bonds is 2. The summed E-state index contributed by atoms with van der Waals surface area (Å²) < 4.78 is 0. The van der Waals surface area contributed by atoms with Crippen LogP contribution in [0.3, 0.4) is 0 Å². The topological polar surface area (TPSA) is 29.1 Å². The van der Waals surface area contributed by atoms with E-state index < -0.39 is 0 Å². The first-order valence-electron chi connectivity index (χ1n) is 6.58. The molecule has 0 unspecified atom stereocenters. The summed E-state index contributed by atoms with van der Waals surface area (Å²) in [7, 11) is 0. The third kappa shape index (κ3) is 3.42. The fourth-order valence-electron chi connectivity index (χ4n) is 1.90. The number of nitrogens with one attached hydrogen (secondary N) is 1. The Labute approximate surface area is 125 Å². The van der Waals surface area contributed by atoms with E-state index in [2.05, 4.69) is 38.7 Å². The molecule has 0 bridgehead atoms. The van der Waals surface area contributed by atoms with Crippen molar-refractivity contribution in [3.05, 3.63) is 59.7 Å². The predicted molar refractivity (Wildman–Crippen MR) is 86.8 cm³/mol. The molecule has 0 fully saturated rings. The van der Waals surface area contributed by atoms with Gasteiger partial charge in [0.15, 0.2) is 0 Å². The minimum absolute atomic E-state index is 0.0900. The lowest BCUT2D eigenvalue weighted by molar-refractivity contribution is 0.102. The molecule has 1 amide bonds. The number of benzene rings is 2. The Morgan fingerprint density at radius 3 is 2.15 bits per heavy atom. The van der Waals surface area contributed by atoms with E-state index in [1.807, 2.05) is 48.5 Å². The minimum Gasteiger partial charge on any atom is -0.321 e. The zero-order valence-corrected chi connectivity index (χ0v) is 12.9. The van der Waals surface area contributed by atoms with E-state index in [4.69, 9.17) is 0 Å². The maximum absolute atomic E-state index is 12.2. The van der Waals surface area contributed by atoms with Crippen LogP contribution in [0, 0.1) is 0 Å². The molecule has 0 spiro atoms. The summed E-state index contributed by atoms with van der Waals surface area (Å²) in [6.45, 7) is 6.46. The first-order valence-corrected chi connectivity index (χ1v) is 7.02. The normalized spacial score (nSPS) is 11.2. The van der Waals surface area contributed by atoms with Crippen molar-refractivity contribution in [2.24, 2.45) is 0 Å². The third-order valence-corrected chi connectivity index (χ3v) is 3.56. The van der Waals surface area contributed by atoms with Crippen LogP contribution < -0.4 is 5.32 Å². The largest absolute Gasteiger partial charge is 0.321 e. The average molecular weight is 285 g/mol. The van der Waals surface area contributed by atoms with Gasteiger partial charge in [-0.1, -0.05) is 45.0 Å². The Bertz CT molecular complexity index is 612. The number of amides is 1. The highest BCUT2D eigenvalue weighted by Gasteiger charge is 2.14. The van der Waals surface area contributed by atoms with Gasteiger partial charge in [-0.2, -0.15) is 0 Å². The summed E-state index contributed by atoms with van der Waals surface area (Å²) in [4.78, 5) is 12.9. The summed E-state index contributed by atoms with van der Waals surface area (Å²) in [6, 6.07) is 15.2. The summed E-state index contributed by atoms with van der Waals surface area (Å²) in [5.74, 6) is -0.119. The predicted octanol–water partition coefficient (Wildman–Crippen LogP) is 4.53. The molecule has 0 heterocycles. The summed E-state index contributed by atoms with van der Waals surface area (Å²) in [6.07, 6.45) is 0. The minimum atomic E-state index is -0.119. The van der Waals surface area contributed by atoms with Gasteiger partial charge in [0.2, 0.25) is 0 Å². The zero-order valence-electron chi connectivity index (χ0n) is 12.0. The van der Waals surface area contributed by atoms with Gasteiger partial charge in [-0.3, -0.25) is 4.79 Å². The fourth-order valence-corrected chi connectivity index (χ4v) is 2.11. The Morgan fingerprint density at radius 2 is 1.60 bits per heavy atom. The molecule has 2 nitrogen and oxygen atoms in total. The molecule has 0 aliphatic heterocycles. The van der Waals surface area contributed by atoms with Crippen LogP contribution in [0.4, 0.5) is 5.69 Å². The maximum atomic E-state index is 12.2. The summed E-state index contributed by atoms with van der Waals surface area (Å²) in [5, 5.41) is 2.87. The first kappa shape index (κ1) is 14.7. The van der Waals surface area contributed by atoms with E-state index in [1.165, 1.54) is 5.56 Å². The van der Waals surface area contributed by atoms with Gasteiger partial charge in [-0.25, -0.2) is 0 Å². The van der Waals surface area contributed by atoms with E-state index in [0.29, 0.717) is 5.56 Å². The number of carbonyl (C=O) groups is 1. The molecule has 2 aromatic rings. The molecule has 2 aromatic carbocycles. The van der Waals surface area contributed by atoms with E-state index in [-0.39, 0.29) is 11.3 Å². The SMILES string of the molecule is CC(C)(C)c1ccc(C(=O)Nc2ccccc2S)cc1. The highest BCUT2D eigenvalue weighted by atomic mass is 32.1. The molecule has 2 rings (SSSR count). The Morgan fingerprint density at radius 1 is 1.00 bits per heavy atom. The lowest BCUT2D eigenvalue weighted by atomic mass is 9.87. The van der Waals surface area contributed by atoms with Gasteiger partial charge in [0.1, 0.15) is 0 Å². The van der Waals surface area contributed by atoms with Crippen LogP contribution in [0.2, 0.25) is 0 Å². The summed E-state index contributed by atoms with van der Waals surface area (Å²) >= 11 is 4.32. The Hall–Kier alpha value is -1.74. The molecule has 0 radical (unpaired) electrons. The van der Waals surface area contributed by atoms with Gasteiger partial charge < -0.3 is 5.32 Å². The Kier molecular flexibility index (Phi) is 4.19. The molecule has 0 aliphatic rings. The van der Waals surface area contributed by atoms with E-state index in [9.17, 15) is 4.79 Å². The van der Waals surface area contributed by atoms with Gasteiger partial charge in [-0.05, 0) is 35.2 Å². The molecule has 0 saturated carbocycles. The Balaban J connectivity index is 2.16. The van der Waals surface area contributed by atoms with Crippen molar-refractivity contribution in [3.8, 4) is 0 Å². The number of thiol groups is 1. The highest BCUT2D eigenvalue weighted by molar-refractivity contribution is 7.80. The van der Waals surface area contributed by atoms with Crippen LogP contribution in [0.15, 0.2) is 53.4 Å². The van der Waals surface area contributed by atoms with Crippen LogP contribution >= 0.6 is 12.6 Å². The molecule has 0 aliphatic carbocycles. The maximum Gasteiger partial charge on any atom is 0.255 e. The lowest BCUT2D eigenvalue weighted by Crippen LogP contribution is -2.14. The van der Waals surface area contributed by atoms with Crippen LogP contribution in [0.5, 0.6) is 0 Å². The first-order chi connectivity index (χ1) is 9.38. The highest BCUT2D eigenvalue weighted by Crippen LogP contribution is 2.23. The fraction of sp³-hybridized carbons (Fsp3) is 0.235. The second kappa shape index (κ2) is 5.71. The molecule has 3 heteroatoms. The van der Waals surface area contributed by atoms with Gasteiger partial charge in [0.25, 0.3) is 5.91 Å². The van der Waals surface area contributed by atoms with Crippen molar-refractivity contribution < 1.29 is 4.79 Å². The van der Waals surface area contributed by atoms with Gasteiger partial charge in [-0.15, -0.1) is 12.6 Å². The molecule has 1 N–H and O–H groups in total. The summed E-state index contributed by atoms with van der Waals surface area (Å²) in [5.41, 5.74) is 2.67. The second-order valence-electron chi connectivity index (χ2n) is 5.80. The van der Waals surface area contributed by atoms with Crippen LogP contribution in [-0.2, 0) is 5.41 Å². The molecule has 0 saturated heterocycles. The van der Waals surface area contributed by atoms with Crippen molar-refractivity contribution in [1.82, 2.24) is 0 Å². The van der Waals surface area contributed by atoms with Crippen LogP contribution in [0.25, 0.3) is 0 Å². The number of hydrogen-bond acceptors (Lipinski definition) is 2. The van der Waals surface area contributed by atoms with Crippen molar-refractivity contribution in [2.75, 3.05) is 5.32 Å².